The van der Waals surface area contributed by atoms with Gasteiger partial charge in [0.15, 0.2) is 0 Å². The molecule has 0 saturated heterocycles. The first kappa shape index (κ1) is 13.5. The van der Waals surface area contributed by atoms with Crippen LogP contribution in [0.2, 0.25) is 0 Å². The summed E-state index contributed by atoms with van der Waals surface area (Å²) < 4.78 is 0. The monoisotopic (exact) mass is 275 g/mol. The quantitative estimate of drug-likeness (QED) is 0.842. The van der Waals surface area contributed by atoms with Crippen molar-refractivity contribution in [3.63, 3.8) is 0 Å². The summed E-state index contributed by atoms with van der Waals surface area (Å²) in [5.41, 5.74) is 8.25. The highest BCUT2D eigenvalue weighted by Gasteiger charge is 2.12. The Morgan fingerprint density at radius 1 is 1.42 bits per heavy atom. The molecule has 0 saturated carbocycles. The van der Waals surface area contributed by atoms with Gasteiger partial charge in [0.25, 0.3) is 0 Å². The minimum absolute atomic E-state index is 0.00914. The Labute approximate surface area is 116 Å². The number of carbonyl (C=O) groups excluding carboxylic acids is 1. The maximum absolute atomic E-state index is 11.9. The first-order valence-electron chi connectivity index (χ1n) is 6.10. The second-order valence-corrected chi connectivity index (χ2v) is 5.42. The van der Waals surface area contributed by atoms with Gasteiger partial charge in [-0.2, -0.15) is 0 Å². The molecule has 1 aromatic heterocycles. The lowest BCUT2D eigenvalue weighted by Crippen LogP contribution is -2.28. The SMILES string of the molecule is Cc1csc(C(C)NC(=O)Cc2ccc(N)cc2)n1. The Bertz CT molecular complexity index is 562. The van der Waals surface area contributed by atoms with Crippen molar-refractivity contribution in [2.45, 2.75) is 26.3 Å². The lowest BCUT2D eigenvalue weighted by Gasteiger charge is -2.11. The Balaban J connectivity index is 1.92. The Morgan fingerprint density at radius 3 is 2.68 bits per heavy atom. The molecule has 4 nitrogen and oxygen atoms in total. The number of nitrogens with one attached hydrogen (secondary N) is 1. The van der Waals surface area contributed by atoms with Crippen molar-refractivity contribution in [2.75, 3.05) is 5.73 Å². The van der Waals surface area contributed by atoms with E-state index >= 15 is 0 Å². The summed E-state index contributed by atoms with van der Waals surface area (Å²) in [4.78, 5) is 16.3. The van der Waals surface area contributed by atoms with Crippen LogP contribution in [0, 0.1) is 6.92 Å². The van der Waals surface area contributed by atoms with Gasteiger partial charge in [0.2, 0.25) is 5.91 Å². The molecule has 2 rings (SSSR count). The molecule has 1 unspecified atom stereocenters. The third-order valence-corrected chi connectivity index (χ3v) is 3.87. The topological polar surface area (TPSA) is 68.0 Å². The molecule has 0 aliphatic carbocycles. The summed E-state index contributed by atoms with van der Waals surface area (Å²) in [5.74, 6) is -0.00914. The second kappa shape index (κ2) is 5.84. The molecule has 0 radical (unpaired) electrons. The Kier molecular flexibility index (Phi) is 4.16. The normalized spacial score (nSPS) is 12.1. The number of thiazole rings is 1. The number of hydrogen-bond donors (Lipinski definition) is 2. The van der Waals surface area contributed by atoms with Crippen LogP contribution >= 0.6 is 11.3 Å². The lowest BCUT2D eigenvalue weighted by molar-refractivity contribution is -0.121. The molecule has 5 heteroatoms. The smallest absolute Gasteiger partial charge is 0.224 e. The number of hydrogen-bond acceptors (Lipinski definition) is 4. The minimum atomic E-state index is -0.0556. The number of aryl methyl sites for hydroxylation is 1. The summed E-state index contributed by atoms with van der Waals surface area (Å²) in [7, 11) is 0. The minimum Gasteiger partial charge on any atom is -0.399 e. The van der Waals surface area contributed by atoms with Gasteiger partial charge in [-0.25, -0.2) is 4.98 Å². The van der Waals surface area contributed by atoms with E-state index in [0.29, 0.717) is 12.1 Å². The third kappa shape index (κ3) is 3.79. The molecule has 1 amide bonds. The maximum atomic E-state index is 11.9. The number of nitrogen functional groups attached to an aromatic ring is 1. The number of nitrogens with zero attached hydrogens (tertiary/aromatic N) is 1. The number of rotatable bonds is 4. The van der Waals surface area contributed by atoms with Gasteiger partial charge in [0.05, 0.1) is 12.5 Å². The zero-order valence-electron chi connectivity index (χ0n) is 11.0. The molecule has 0 bridgehead atoms. The lowest BCUT2D eigenvalue weighted by atomic mass is 10.1. The maximum Gasteiger partial charge on any atom is 0.224 e. The molecule has 1 heterocycles. The van der Waals surface area contributed by atoms with E-state index in [4.69, 9.17) is 5.73 Å². The van der Waals surface area contributed by atoms with E-state index in [1.807, 2.05) is 31.4 Å². The zero-order valence-corrected chi connectivity index (χ0v) is 11.8. The van der Waals surface area contributed by atoms with Crippen molar-refractivity contribution in [1.29, 1.82) is 0 Å². The van der Waals surface area contributed by atoms with E-state index in [1.165, 1.54) is 0 Å². The van der Waals surface area contributed by atoms with Crippen molar-refractivity contribution in [2.24, 2.45) is 0 Å². The number of benzene rings is 1. The highest BCUT2D eigenvalue weighted by atomic mass is 32.1. The van der Waals surface area contributed by atoms with E-state index in [0.717, 1.165) is 16.3 Å². The van der Waals surface area contributed by atoms with E-state index in [-0.39, 0.29) is 11.9 Å². The molecule has 2 aromatic rings. The zero-order chi connectivity index (χ0) is 13.8. The molecule has 100 valence electrons. The largest absolute Gasteiger partial charge is 0.399 e. The number of aromatic nitrogens is 1. The summed E-state index contributed by atoms with van der Waals surface area (Å²) in [6.07, 6.45) is 0.356. The average Bonchev–Trinajstić information content (AvgIpc) is 2.79. The van der Waals surface area contributed by atoms with Crippen LogP contribution < -0.4 is 11.1 Å². The van der Waals surface area contributed by atoms with Crippen molar-refractivity contribution < 1.29 is 4.79 Å². The van der Waals surface area contributed by atoms with Crippen LogP contribution in [-0.4, -0.2) is 10.9 Å². The molecule has 1 aromatic carbocycles. The second-order valence-electron chi connectivity index (χ2n) is 4.53. The highest BCUT2D eigenvalue weighted by molar-refractivity contribution is 7.09. The molecule has 0 aliphatic heterocycles. The third-order valence-electron chi connectivity index (χ3n) is 2.73. The van der Waals surface area contributed by atoms with Crippen molar-refractivity contribution in [1.82, 2.24) is 10.3 Å². The van der Waals surface area contributed by atoms with Crippen LogP contribution in [0.25, 0.3) is 0 Å². The Hall–Kier alpha value is -1.88. The predicted molar refractivity (Wildman–Crippen MR) is 78.0 cm³/mol. The molecule has 0 spiro atoms. The summed E-state index contributed by atoms with van der Waals surface area (Å²) in [5, 5.41) is 5.87. The molecule has 1 atom stereocenters. The molecule has 0 fully saturated rings. The van der Waals surface area contributed by atoms with Gasteiger partial charge in [0.1, 0.15) is 5.01 Å². The van der Waals surface area contributed by atoms with Crippen LogP contribution in [0.15, 0.2) is 29.6 Å². The highest BCUT2D eigenvalue weighted by Crippen LogP contribution is 2.17. The van der Waals surface area contributed by atoms with Gasteiger partial charge in [0, 0.05) is 16.8 Å². The van der Waals surface area contributed by atoms with Crippen molar-refractivity contribution in [3.05, 3.63) is 45.9 Å². The first-order valence-corrected chi connectivity index (χ1v) is 6.98. The van der Waals surface area contributed by atoms with Crippen molar-refractivity contribution in [3.8, 4) is 0 Å². The van der Waals surface area contributed by atoms with E-state index < -0.39 is 0 Å². The van der Waals surface area contributed by atoms with E-state index in [9.17, 15) is 4.79 Å². The van der Waals surface area contributed by atoms with Gasteiger partial charge in [-0.1, -0.05) is 12.1 Å². The fourth-order valence-electron chi connectivity index (χ4n) is 1.75. The summed E-state index contributed by atoms with van der Waals surface area (Å²) in [6, 6.07) is 7.28. The van der Waals surface area contributed by atoms with Gasteiger partial charge in [-0.05, 0) is 31.5 Å². The molecule has 3 N–H and O–H groups in total. The van der Waals surface area contributed by atoms with Crippen LogP contribution in [0.1, 0.15) is 29.2 Å². The number of nitrogens with two attached hydrogens (primary N) is 1. The number of anilines is 1. The molecular weight excluding hydrogens is 258 g/mol. The fraction of sp³-hybridized carbons (Fsp3) is 0.286. The molecule has 0 aliphatic rings. The predicted octanol–water partition coefficient (Wildman–Crippen LogP) is 2.45. The Morgan fingerprint density at radius 2 is 2.11 bits per heavy atom. The number of amides is 1. The molecule has 19 heavy (non-hydrogen) atoms. The molecular formula is C14H17N3OS. The van der Waals surface area contributed by atoms with Crippen LogP contribution in [0.4, 0.5) is 5.69 Å². The van der Waals surface area contributed by atoms with Gasteiger partial charge < -0.3 is 11.1 Å². The standard InChI is InChI=1S/C14H17N3OS/c1-9-8-19-14(16-9)10(2)17-13(18)7-11-3-5-12(15)6-4-11/h3-6,8,10H,7,15H2,1-2H3,(H,17,18). The van der Waals surface area contributed by atoms with Crippen LogP contribution in [-0.2, 0) is 11.2 Å². The first-order chi connectivity index (χ1) is 9.04. The van der Waals surface area contributed by atoms with Crippen LogP contribution in [0.5, 0.6) is 0 Å². The fourth-order valence-corrected chi connectivity index (χ4v) is 2.55. The summed E-state index contributed by atoms with van der Waals surface area (Å²) >= 11 is 1.57. The van der Waals surface area contributed by atoms with Gasteiger partial charge >= 0.3 is 0 Å². The van der Waals surface area contributed by atoms with Gasteiger partial charge in [-0.3, -0.25) is 4.79 Å². The number of carbonyl (C=O) groups is 1. The van der Waals surface area contributed by atoms with E-state index in [2.05, 4.69) is 10.3 Å². The average molecular weight is 275 g/mol. The van der Waals surface area contributed by atoms with Gasteiger partial charge in [-0.15, -0.1) is 11.3 Å². The van der Waals surface area contributed by atoms with E-state index in [1.54, 1.807) is 23.5 Å². The van der Waals surface area contributed by atoms with Crippen molar-refractivity contribution >= 4 is 22.9 Å². The van der Waals surface area contributed by atoms with Crippen LogP contribution in [0.3, 0.4) is 0 Å². The summed E-state index contributed by atoms with van der Waals surface area (Å²) in [6.45, 7) is 3.89.